The summed E-state index contributed by atoms with van der Waals surface area (Å²) in [6, 6.07) is 7.92. The van der Waals surface area contributed by atoms with Crippen LogP contribution < -0.4 is 0 Å². The predicted molar refractivity (Wildman–Crippen MR) is 96.4 cm³/mol. The summed E-state index contributed by atoms with van der Waals surface area (Å²) < 4.78 is 5.92. The van der Waals surface area contributed by atoms with E-state index in [9.17, 15) is 4.79 Å². The Kier molecular flexibility index (Phi) is 4.19. The van der Waals surface area contributed by atoms with Crippen LogP contribution in [0.1, 0.15) is 25.9 Å². The third-order valence-electron chi connectivity index (χ3n) is 4.37. The first-order chi connectivity index (χ1) is 12.1. The number of furan rings is 1. The Hall–Kier alpha value is -2.38. The van der Waals surface area contributed by atoms with Crippen LogP contribution in [0.2, 0.25) is 0 Å². The van der Waals surface area contributed by atoms with Crippen molar-refractivity contribution in [3.8, 4) is 11.5 Å². The van der Waals surface area contributed by atoms with Gasteiger partial charge in [-0.3, -0.25) is 14.8 Å². The van der Waals surface area contributed by atoms with E-state index in [2.05, 4.69) is 15.1 Å². The van der Waals surface area contributed by atoms with Gasteiger partial charge >= 0.3 is 0 Å². The van der Waals surface area contributed by atoms with Gasteiger partial charge in [-0.1, -0.05) is 0 Å². The summed E-state index contributed by atoms with van der Waals surface area (Å²) in [5.41, 5.74) is 2.15. The van der Waals surface area contributed by atoms with Gasteiger partial charge in [0.1, 0.15) is 11.5 Å². The molecule has 0 unspecified atom stereocenters. The molecule has 130 valence electrons. The molecular formula is C18H20N4O2S. The van der Waals surface area contributed by atoms with Crippen LogP contribution in [0.15, 0.2) is 34.9 Å². The Balaban J connectivity index is 1.45. The molecule has 0 saturated heterocycles. The summed E-state index contributed by atoms with van der Waals surface area (Å²) in [6.07, 6.45) is 2.70. The van der Waals surface area contributed by atoms with Crippen LogP contribution >= 0.6 is 11.3 Å². The molecule has 0 aliphatic carbocycles. The molecule has 3 aromatic rings. The van der Waals surface area contributed by atoms with Gasteiger partial charge in [0.2, 0.25) is 0 Å². The summed E-state index contributed by atoms with van der Waals surface area (Å²) in [6.45, 7) is 2.59. The molecule has 0 fully saturated rings. The van der Waals surface area contributed by atoms with Crippen molar-refractivity contribution in [2.75, 3.05) is 20.6 Å². The highest BCUT2D eigenvalue weighted by Crippen LogP contribution is 2.30. The lowest BCUT2D eigenvalue weighted by Gasteiger charge is -2.25. The Bertz CT molecular complexity index is 879. The van der Waals surface area contributed by atoms with Crippen molar-refractivity contribution in [1.29, 1.82) is 0 Å². The maximum Gasteiger partial charge on any atom is 0.263 e. The first-order valence-electron chi connectivity index (χ1n) is 8.24. The van der Waals surface area contributed by atoms with Crippen LogP contribution in [0.4, 0.5) is 0 Å². The lowest BCUT2D eigenvalue weighted by Crippen LogP contribution is -2.28. The molecule has 0 atom stereocenters. The molecule has 7 heteroatoms. The number of hydrogen-bond acceptors (Lipinski definition) is 5. The van der Waals surface area contributed by atoms with Gasteiger partial charge < -0.3 is 9.32 Å². The standard InChI is InChI=1S/C18H20N4O2S/c1-21(2)18(23)17-9-12-10-22(8-6-16(12)25-17)11-13-3-4-15(24-13)14-5-7-19-20-14/h3-5,7,9H,6,8,10-11H2,1-2H3,(H,19,20). The van der Waals surface area contributed by atoms with Crippen molar-refractivity contribution in [1.82, 2.24) is 20.0 Å². The van der Waals surface area contributed by atoms with Crippen LogP contribution in [0.25, 0.3) is 11.5 Å². The fourth-order valence-electron chi connectivity index (χ4n) is 3.07. The lowest BCUT2D eigenvalue weighted by atomic mass is 10.1. The van der Waals surface area contributed by atoms with E-state index in [1.165, 1.54) is 10.4 Å². The third-order valence-corrected chi connectivity index (χ3v) is 5.60. The van der Waals surface area contributed by atoms with E-state index in [1.807, 2.05) is 24.3 Å². The number of amides is 1. The average molecular weight is 356 g/mol. The van der Waals surface area contributed by atoms with Gasteiger partial charge in [0.25, 0.3) is 5.91 Å². The lowest BCUT2D eigenvalue weighted by molar-refractivity contribution is 0.0832. The molecule has 1 aliphatic rings. The van der Waals surface area contributed by atoms with E-state index >= 15 is 0 Å². The highest BCUT2D eigenvalue weighted by atomic mass is 32.1. The van der Waals surface area contributed by atoms with Crippen molar-refractivity contribution in [3.63, 3.8) is 0 Å². The zero-order valence-electron chi connectivity index (χ0n) is 14.3. The minimum atomic E-state index is 0.0844. The van der Waals surface area contributed by atoms with Crippen LogP contribution in [-0.4, -0.2) is 46.5 Å². The molecule has 4 heterocycles. The third kappa shape index (κ3) is 3.25. The number of aromatic amines is 1. The summed E-state index contributed by atoms with van der Waals surface area (Å²) in [7, 11) is 3.59. The second-order valence-electron chi connectivity index (χ2n) is 6.46. The molecule has 25 heavy (non-hydrogen) atoms. The number of carbonyl (C=O) groups excluding carboxylic acids is 1. The molecule has 1 N–H and O–H groups in total. The molecule has 3 aromatic heterocycles. The van der Waals surface area contributed by atoms with Crippen molar-refractivity contribution in [2.24, 2.45) is 0 Å². The van der Waals surface area contributed by atoms with Gasteiger partial charge in [0.05, 0.1) is 11.4 Å². The van der Waals surface area contributed by atoms with E-state index in [4.69, 9.17) is 4.42 Å². The highest BCUT2D eigenvalue weighted by Gasteiger charge is 2.22. The summed E-state index contributed by atoms with van der Waals surface area (Å²) >= 11 is 1.63. The molecule has 1 amide bonds. The Labute approximate surface area is 150 Å². The number of H-pyrrole nitrogens is 1. The number of aromatic nitrogens is 2. The first kappa shape index (κ1) is 16.1. The van der Waals surface area contributed by atoms with E-state index in [-0.39, 0.29) is 5.91 Å². The summed E-state index contributed by atoms with van der Waals surface area (Å²) in [5, 5.41) is 6.87. The van der Waals surface area contributed by atoms with Gasteiger partial charge in [-0.2, -0.15) is 5.10 Å². The average Bonchev–Trinajstić information content (AvgIpc) is 3.33. The zero-order valence-corrected chi connectivity index (χ0v) is 15.1. The molecular weight excluding hydrogens is 336 g/mol. The van der Waals surface area contributed by atoms with Crippen LogP contribution in [0.5, 0.6) is 0 Å². The smallest absolute Gasteiger partial charge is 0.263 e. The molecule has 1 aliphatic heterocycles. The quantitative estimate of drug-likeness (QED) is 0.780. The number of nitrogens with one attached hydrogen (secondary N) is 1. The number of thiophene rings is 1. The Morgan fingerprint density at radius 1 is 1.40 bits per heavy atom. The number of carbonyl (C=O) groups is 1. The fourth-order valence-corrected chi connectivity index (χ4v) is 4.26. The number of hydrogen-bond donors (Lipinski definition) is 1. The summed E-state index contributed by atoms with van der Waals surface area (Å²) in [4.78, 5) is 18.3. The highest BCUT2D eigenvalue weighted by molar-refractivity contribution is 7.14. The Morgan fingerprint density at radius 2 is 2.28 bits per heavy atom. The predicted octanol–water partition coefficient (Wildman–Crippen LogP) is 2.99. The van der Waals surface area contributed by atoms with Crippen molar-refractivity contribution in [2.45, 2.75) is 19.5 Å². The molecule has 0 bridgehead atoms. The fraction of sp³-hybridized carbons (Fsp3) is 0.333. The largest absolute Gasteiger partial charge is 0.458 e. The van der Waals surface area contributed by atoms with Crippen LogP contribution in [-0.2, 0) is 19.5 Å². The molecule has 0 spiro atoms. The van der Waals surface area contributed by atoms with E-state index < -0.39 is 0 Å². The molecule has 0 radical (unpaired) electrons. The molecule has 4 rings (SSSR count). The van der Waals surface area contributed by atoms with E-state index in [0.717, 1.165) is 48.1 Å². The molecule has 6 nitrogen and oxygen atoms in total. The van der Waals surface area contributed by atoms with Gasteiger partial charge in [-0.15, -0.1) is 11.3 Å². The molecule has 0 saturated carbocycles. The van der Waals surface area contributed by atoms with Crippen molar-refractivity contribution >= 4 is 17.2 Å². The second kappa shape index (κ2) is 6.50. The van der Waals surface area contributed by atoms with Crippen molar-refractivity contribution < 1.29 is 9.21 Å². The van der Waals surface area contributed by atoms with Gasteiger partial charge in [-0.05, 0) is 36.2 Å². The normalized spacial score (nSPS) is 14.5. The minimum Gasteiger partial charge on any atom is -0.458 e. The minimum absolute atomic E-state index is 0.0844. The zero-order chi connectivity index (χ0) is 17.4. The number of nitrogens with zero attached hydrogens (tertiary/aromatic N) is 3. The van der Waals surface area contributed by atoms with Crippen LogP contribution in [0.3, 0.4) is 0 Å². The van der Waals surface area contributed by atoms with Gasteiger partial charge in [0.15, 0.2) is 5.76 Å². The van der Waals surface area contributed by atoms with E-state index in [0.29, 0.717) is 0 Å². The maximum atomic E-state index is 12.1. The van der Waals surface area contributed by atoms with Crippen LogP contribution in [0, 0.1) is 0 Å². The SMILES string of the molecule is CN(C)C(=O)c1cc2c(s1)CCN(Cc1ccc(-c3ccn[nH]3)o1)C2. The number of rotatable bonds is 4. The van der Waals surface area contributed by atoms with E-state index in [1.54, 1.807) is 36.5 Å². The first-order valence-corrected chi connectivity index (χ1v) is 9.06. The monoisotopic (exact) mass is 356 g/mol. The molecule has 0 aromatic carbocycles. The second-order valence-corrected chi connectivity index (χ2v) is 7.59. The topological polar surface area (TPSA) is 65.4 Å². The maximum absolute atomic E-state index is 12.1. The Morgan fingerprint density at radius 3 is 3.04 bits per heavy atom. The van der Waals surface area contributed by atoms with Gasteiger partial charge in [-0.25, -0.2) is 0 Å². The number of fused-ring (bicyclic) bond motifs is 1. The van der Waals surface area contributed by atoms with Gasteiger partial charge in [0, 0.05) is 38.3 Å². The summed E-state index contributed by atoms with van der Waals surface area (Å²) in [5.74, 6) is 1.83. The van der Waals surface area contributed by atoms with Crippen molar-refractivity contribution in [3.05, 3.63) is 51.5 Å².